The SMILES string of the molecule is CCOc1ccc(S(=O)(=O)NCCNC(=O)c2cc(OC)cc(OC)c2)cc1. The fourth-order valence-corrected chi connectivity index (χ4v) is 3.40. The predicted octanol–water partition coefficient (Wildman–Crippen LogP) is 1.81. The largest absolute Gasteiger partial charge is 0.497 e. The van der Waals surface area contributed by atoms with Gasteiger partial charge in [0.25, 0.3) is 5.91 Å². The van der Waals surface area contributed by atoms with Crippen LogP contribution in [0, 0.1) is 0 Å². The molecule has 2 aromatic rings. The number of ether oxygens (including phenoxy) is 3. The Kier molecular flexibility index (Phi) is 7.65. The van der Waals surface area contributed by atoms with Gasteiger partial charge < -0.3 is 19.5 Å². The van der Waals surface area contributed by atoms with Gasteiger partial charge in [-0.25, -0.2) is 13.1 Å². The highest BCUT2D eigenvalue weighted by Crippen LogP contribution is 2.22. The van der Waals surface area contributed by atoms with Crippen molar-refractivity contribution < 1.29 is 27.4 Å². The first-order chi connectivity index (χ1) is 13.4. The first kappa shape index (κ1) is 21.5. The summed E-state index contributed by atoms with van der Waals surface area (Å²) in [5.41, 5.74) is 0.352. The molecule has 0 spiro atoms. The van der Waals surface area contributed by atoms with Crippen LogP contribution in [0.5, 0.6) is 17.2 Å². The van der Waals surface area contributed by atoms with Crippen LogP contribution in [0.25, 0.3) is 0 Å². The Morgan fingerprint density at radius 2 is 1.54 bits per heavy atom. The number of sulfonamides is 1. The number of methoxy groups -OCH3 is 2. The highest BCUT2D eigenvalue weighted by Gasteiger charge is 2.14. The van der Waals surface area contributed by atoms with E-state index in [0.717, 1.165) is 0 Å². The first-order valence-electron chi connectivity index (χ1n) is 8.63. The van der Waals surface area contributed by atoms with E-state index in [2.05, 4.69) is 10.0 Å². The zero-order chi connectivity index (χ0) is 20.6. The zero-order valence-corrected chi connectivity index (χ0v) is 16.8. The molecule has 0 aliphatic rings. The molecule has 0 bridgehead atoms. The second kappa shape index (κ2) is 9.95. The molecule has 9 heteroatoms. The minimum Gasteiger partial charge on any atom is -0.497 e. The fourth-order valence-electron chi connectivity index (χ4n) is 2.37. The lowest BCUT2D eigenvalue weighted by Gasteiger charge is -2.10. The molecule has 0 aliphatic heterocycles. The molecule has 1 amide bonds. The quantitative estimate of drug-likeness (QED) is 0.581. The molecule has 8 nitrogen and oxygen atoms in total. The maximum Gasteiger partial charge on any atom is 0.251 e. The highest BCUT2D eigenvalue weighted by atomic mass is 32.2. The number of carbonyl (C=O) groups is 1. The lowest BCUT2D eigenvalue weighted by atomic mass is 10.2. The third kappa shape index (κ3) is 5.86. The summed E-state index contributed by atoms with van der Waals surface area (Å²) < 4.78 is 42.6. The Morgan fingerprint density at radius 1 is 0.929 bits per heavy atom. The highest BCUT2D eigenvalue weighted by molar-refractivity contribution is 7.89. The number of nitrogens with one attached hydrogen (secondary N) is 2. The summed E-state index contributed by atoms with van der Waals surface area (Å²) in [5, 5.41) is 2.65. The summed E-state index contributed by atoms with van der Waals surface area (Å²) in [5.74, 6) is 1.21. The van der Waals surface area contributed by atoms with Crippen molar-refractivity contribution in [1.82, 2.24) is 10.0 Å². The normalized spacial score (nSPS) is 11.0. The summed E-state index contributed by atoms with van der Waals surface area (Å²) in [4.78, 5) is 12.4. The molecule has 0 aromatic heterocycles. The van der Waals surface area contributed by atoms with E-state index < -0.39 is 10.0 Å². The number of hydrogen-bond donors (Lipinski definition) is 2. The third-order valence-corrected chi connectivity index (χ3v) is 5.24. The third-order valence-electron chi connectivity index (χ3n) is 3.76. The van der Waals surface area contributed by atoms with Crippen molar-refractivity contribution in [2.45, 2.75) is 11.8 Å². The van der Waals surface area contributed by atoms with Gasteiger partial charge >= 0.3 is 0 Å². The lowest BCUT2D eigenvalue weighted by molar-refractivity contribution is 0.0953. The second-order valence-corrected chi connectivity index (χ2v) is 7.43. The van der Waals surface area contributed by atoms with Crippen LogP contribution < -0.4 is 24.2 Å². The monoisotopic (exact) mass is 408 g/mol. The van der Waals surface area contributed by atoms with Gasteiger partial charge in [0, 0.05) is 24.7 Å². The van der Waals surface area contributed by atoms with Gasteiger partial charge in [0.15, 0.2) is 0 Å². The van der Waals surface area contributed by atoms with Crippen LogP contribution in [-0.4, -0.2) is 48.2 Å². The molecule has 2 N–H and O–H groups in total. The maximum absolute atomic E-state index is 12.3. The molecule has 0 saturated heterocycles. The van der Waals surface area contributed by atoms with Crippen LogP contribution in [-0.2, 0) is 10.0 Å². The Hall–Kier alpha value is -2.78. The molecule has 0 unspecified atom stereocenters. The molecule has 2 rings (SSSR count). The summed E-state index contributed by atoms with van der Waals surface area (Å²) in [6, 6.07) is 10.9. The molecule has 0 fully saturated rings. The number of hydrogen-bond acceptors (Lipinski definition) is 6. The Morgan fingerprint density at radius 3 is 2.07 bits per heavy atom. The van der Waals surface area contributed by atoms with Crippen molar-refractivity contribution in [3.63, 3.8) is 0 Å². The van der Waals surface area contributed by atoms with E-state index in [-0.39, 0.29) is 23.9 Å². The molecule has 0 aliphatic carbocycles. The van der Waals surface area contributed by atoms with Gasteiger partial charge in [-0.3, -0.25) is 4.79 Å². The van der Waals surface area contributed by atoms with Crippen LogP contribution in [0.15, 0.2) is 47.4 Å². The van der Waals surface area contributed by atoms with Crippen molar-refractivity contribution in [2.24, 2.45) is 0 Å². The molecule has 28 heavy (non-hydrogen) atoms. The van der Waals surface area contributed by atoms with Gasteiger partial charge in [-0.05, 0) is 43.3 Å². The fraction of sp³-hybridized carbons (Fsp3) is 0.316. The number of benzene rings is 2. The molecular formula is C19H24N2O6S. The lowest BCUT2D eigenvalue weighted by Crippen LogP contribution is -2.34. The molecule has 2 aromatic carbocycles. The first-order valence-corrected chi connectivity index (χ1v) is 10.1. The van der Waals surface area contributed by atoms with E-state index >= 15 is 0 Å². The molecule has 152 valence electrons. The van der Waals surface area contributed by atoms with Crippen LogP contribution >= 0.6 is 0 Å². The zero-order valence-electron chi connectivity index (χ0n) is 16.0. The smallest absolute Gasteiger partial charge is 0.251 e. The van der Waals surface area contributed by atoms with E-state index in [4.69, 9.17) is 14.2 Å². The van der Waals surface area contributed by atoms with E-state index in [1.165, 1.54) is 26.4 Å². The van der Waals surface area contributed by atoms with Crippen LogP contribution in [0.3, 0.4) is 0 Å². The van der Waals surface area contributed by atoms with E-state index in [9.17, 15) is 13.2 Å². The predicted molar refractivity (Wildman–Crippen MR) is 105 cm³/mol. The molecule has 0 atom stereocenters. The Balaban J connectivity index is 1.90. The van der Waals surface area contributed by atoms with E-state index in [1.807, 2.05) is 6.92 Å². The summed E-state index contributed by atoms with van der Waals surface area (Å²) in [6.07, 6.45) is 0. The van der Waals surface area contributed by atoms with Gasteiger partial charge in [-0.2, -0.15) is 0 Å². The van der Waals surface area contributed by atoms with Gasteiger partial charge in [0.2, 0.25) is 10.0 Å². The number of amides is 1. The van der Waals surface area contributed by atoms with Crippen molar-refractivity contribution in [2.75, 3.05) is 33.9 Å². The maximum atomic E-state index is 12.3. The van der Waals surface area contributed by atoms with Crippen LogP contribution in [0.2, 0.25) is 0 Å². The summed E-state index contributed by atoms with van der Waals surface area (Å²) in [6.45, 7) is 2.52. The van der Waals surface area contributed by atoms with Gasteiger partial charge in [-0.15, -0.1) is 0 Å². The van der Waals surface area contributed by atoms with Gasteiger partial charge in [0.05, 0.1) is 25.7 Å². The summed E-state index contributed by atoms with van der Waals surface area (Å²) in [7, 11) is -0.688. The van der Waals surface area contributed by atoms with Crippen LogP contribution in [0.1, 0.15) is 17.3 Å². The number of rotatable bonds is 10. The standard InChI is InChI=1S/C19H24N2O6S/c1-4-27-15-5-7-18(8-6-15)28(23,24)21-10-9-20-19(22)14-11-16(25-2)13-17(12-14)26-3/h5-8,11-13,21H,4,9-10H2,1-3H3,(H,20,22). The van der Waals surface area contributed by atoms with E-state index in [1.54, 1.807) is 30.3 Å². The van der Waals surface area contributed by atoms with Crippen molar-refractivity contribution in [3.8, 4) is 17.2 Å². The van der Waals surface area contributed by atoms with Crippen molar-refractivity contribution in [1.29, 1.82) is 0 Å². The average Bonchev–Trinajstić information content (AvgIpc) is 2.71. The Labute approximate surface area is 164 Å². The average molecular weight is 408 g/mol. The topological polar surface area (TPSA) is 103 Å². The minimum atomic E-state index is -3.67. The number of carbonyl (C=O) groups excluding carboxylic acids is 1. The van der Waals surface area contributed by atoms with E-state index in [0.29, 0.717) is 29.4 Å². The van der Waals surface area contributed by atoms with Crippen LogP contribution in [0.4, 0.5) is 0 Å². The van der Waals surface area contributed by atoms with Gasteiger partial charge in [0.1, 0.15) is 17.2 Å². The molecule has 0 saturated carbocycles. The molecular weight excluding hydrogens is 384 g/mol. The molecule has 0 radical (unpaired) electrons. The summed E-state index contributed by atoms with van der Waals surface area (Å²) >= 11 is 0. The Bertz CT molecular complexity index is 875. The second-order valence-electron chi connectivity index (χ2n) is 5.66. The van der Waals surface area contributed by atoms with Crippen molar-refractivity contribution in [3.05, 3.63) is 48.0 Å². The van der Waals surface area contributed by atoms with Crippen molar-refractivity contribution >= 4 is 15.9 Å². The van der Waals surface area contributed by atoms with Gasteiger partial charge in [-0.1, -0.05) is 0 Å². The minimum absolute atomic E-state index is 0.0440. The molecule has 0 heterocycles.